The van der Waals surface area contributed by atoms with Crippen molar-refractivity contribution in [3.05, 3.63) is 76.1 Å². The SMILES string of the molecule is Cc1ccc(C(C)C)cc1O.O=c1ccc2ccccc2o1. The van der Waals surface area contributed by atoms with Crippen LogP contribution in [0, 0.1) is 6.92 Å². The minimum absolute atomic E-state index is 0.302. The van der Waals surface area contributed by atoms with Crippen LogP contribution in [0.4, 0.5) is 0 Å². The summed E-state index contributed by atoms with van der Waals surface area (Å²) in [5.74, 6) is 0.887. The second kappa shape index (κ2) is 6.94. The molecule has 0 radical (unpaired) electrons. The van der Waals surface area contributed by atoms with Crippen LogP contribution in [0.3, 0.4) is 0 Å². The number of hydrogen-bond donors (Lipinski definition) is 1. The van der Waals surface area contributed by atoms with Gasteiger partial charge in [0, 0.05) is 11.5 Å². The van der Waals surface area contributed by atoms with Crippen molar-refractivity contribution >= 4 is 11.0 Å². The molecule has 114 valence electrons. The second-order valence-electron chi connectivity index (χ2n) is 5.49. The van der Waals surface area contributed by atoms with E-state index in [4.69, 9.17) is 4.42 Å². The fourth-order valence-electron chi connectivity index (χ4n) is 2.00. The van der Waals surface area contributed by atoms with E-state index < -0.39 is 0 Å². The molecule has 0 unspecified atom stereocenters. The Morgan fingerprint density at radius 1 is 1.00 bits per heavy atom. The number of rotatable bonds is 1. The lowest BCUT2D eigenvalue weighted by atomic mass is 10.0. The molecule has 1 N–H and O–H groups in total. The molecule has 0 atom stereocenters. The van der Waals surface area contributed by atoms with Crippen molar-refractivity contribution in [1.82, 2.24) is 0 Å². The zero-order chi connectivity index (χ0) is 16.1. The normalized spacial score (nSPS) is 10.4. The van der Waals surface area contributed by atoms with Crippen LogP contribution < -0.4 is 5.63 Å². The molecule has 1 heterocycles. The predicted octanol–water partition coefficient (Wildman–Crippen LogP) is 4.62. The molecular weight excluding hydrogens is 276 g/mol. The second-order valence-corrected chi connectivity index (χ2v) is 5.49. The molecular formula is C19H20O3. The number of para-hydroxylation sites is 1. The van der Waals surface area contributed by atoms with E-state index in [1.54, 1.807) is 12.1 Å². The van der Waals surface area contributed by atoms with Gasteiger partial charge in [-0.25, -0.2) is 4.79 Å². The molecule has 0 spiro atoms. The summed E-state index contributed by atoms with van der Waals surface area (Å²) in [6, 6.07) is 16.4. The van der Waals surface area contributed by atoms with Gasteiger partial charge in [0.25, 0.3) is 0 Å². The maximum absolute atomic E-state index is 10.7. The molecule has 2 aromatic carbocycles. The third-order valence-corrected chi connectivity index (χ3v) is 3.43. The molecule has 22 heavy (non-hydrogen) atoms. The quantitative estimate of drug-likeness (QED) is 0.667. The Labute approximate surface area is 129 Å². The predicted molar refractivity (Wildman–Crippen MR) is 89.4 cm³/mol. The number of benzene rings is 2. The first-order valence-electron chi connectivity index (χ1n) is 7.26. The van der Waals surface area contributed by atoms with Crippen LogP contribution >= 0.6 is 0 Å². The van der Waals surface area contributed by atoms with Gasteiger partial charge in [-0.15, -0.1) is 0 Å². The van der Waals surface area contributed by atoms with Crippen molar-refractivity contribution in [3.8, 4) is 5.75 Å². The molecule has 0 saturated heterocycles. The smallest absolute Gasteiger partial charge is 0.336 e. The molecule has 3 heteroatoms. The highest BCUT2D eigenvalue weighted by molar-refractivity contribution is 5.75. The lowest BCUT2D eigenvalue weighted by molar-refractivity contribution is 0.470. The summed E-state index contributed by atoms with van der Waals surface area (Å²) in [7, 11) is 0. The summed E-state index contributed by atoms with van der Waals surface area (Å²) >= 11 is 0. The van der Waals surface area contributed by atoms with Gasteiger partial charge < -0.3 is 9.52 Å². The van der Waals surface area contributed by atoms with Gasteiger partial charge in [0.2, 0.25) is 0 Å². The summed E-state index contributed by atoms with van der Waals surface area (Å²) in [6.07, 6.45) is 0. The first kappa shape index (κ1) is 15.8. The van der Waals surface area contributed by atoms with Crippen molar-refractivity contribution in [2.75, 3.05) is 0 Å². The summed E-state index contributed by atoms with van der Waals surface area (Å²) in [6.45, 7) is 6.13. The van der Waals surface area contributed by atoms with E-state index in [1.807, 2.05) is 37.3 Å². The molecule has 3 rings (SSSR count). The fraction of sp³-hybridized carbons (Fsp3) is 0.211. The minimum Gasteiger partial charge on any atom is -0.508 e. The van der Waals surface area contributed by atoms with Gasteiger partial charge in [-0.05, 0) is 42.2 Å². The Bertz CT molecular complexity index is 816. The van der Waals surface area contributed by atoms with Crippen molar-refractivity contribution in [2.24, 2.45) is 0 Å². The maximum atomic E-state index is 10.7. The van der Waals surface area contributed by atoms with Gasteiger partial charge in [0.15, 0.2) is 0 Å². The van der Waals surface area contributed by atoms with E-state index in [1.165, 1.54) is 11.6 Å². The average Bonchev–Trinajstić information content (AvgIpc) is 2.50. The number of phenols is 1. The van der Waals surface area contributed by atoms with Crippen LogP contribution in [0.1, 0.15) is 30.9 Å². The third kappa shape index (κ3) is 3.98. The van der Waals surface area contributed by atoms with Gasteiger partial charge in [0.1, 0.15) is 11.3 Å². The van der Waals surface area contributed by atoms with Crippen LogP contribution in [0.2, 0.25) is 0 Å². The molecule has 1 aromatic heterocycles. The van der Waals surface area contributed by atoms with E-state index >= 15 is 0 Å². The lowest BCUT2D eigenvalue weighted by Gasteiger charge is -2.06. The van der Waals surface area contributed by atoms with Crippen molar-refractivity contribution < 1.29 is 9.52 Å². The number of hydrogen-bond acceptors (Lipinski definition) is 3. The molecule has 0 aliphatic carbocycles. The number of fused-ring (bicyclic) bond motifs is 1. The van der Waals surface area contributed by atoms with Crippen LogP contribution in [0.5, 0.6) is 5.75 Å². The van der Waals surface area contributed by atoms with Gasteiger partial charge >= 0.3 is 5.63 Å². The largest absolute Gasteiger partial charge is 0.508 e. The molecule has 3 aromatic rings. The standard InChI is InChI=1S/C10H14O.C9H6O2/c1-7(2)9-5-4-8(3)10(11)6-9;10-9-6-5-7-3-1-2-4-8(7)11-9/h4-7,11H,1-3H3;1-6H. The number of aromatic hydroxyl groups is 1. The van der Waals surface area contributed by atoms with E-state index in [-0.39, 0.29) is 5.63 Å². The van der Waals surface area contributed by atoms with Gasteiger partial charge in [0.05, 0.1) is 0 Å². The van der Waals surface area contributed by atoms with Crippen molar-refractivity contribution in [2.45, 2.75) is 26.7 Å². The molecule has 0 aliphatic rings. The summed E-state index contributed by atoms with van der Waals surface area (Å²) in [5.41, 5.74) is 2.46. The van der Waals surface area contributed by atoms with E-state index in [0.717, 1.165) is 10.9 Å². The third-order valence-electron chi connectivity index (χ3n) is 3.43. The van der Waals surface area contributed by atoms with E-state index in [2.05, 4.69) is 19.9 Å². The highest BCUT2D eigenvalue weighted by Crippen LogP contribution is 2.22. The highest BCUT2D eigenvalue weighted by atomic mass is 16.4. The molecule has 0 amide bonds. The zero-order valence-electron chi connectivity index (χ0n) is 13.0. The van der Waals surface area contributed by atoms with Crippen molar-refractivity contribution in [3.63, 3.8) is 0 Å². The number of phenolic OH excluding ortho intramolecular Hbond substituents is 1. The Kier molecular flexibility index (Phi) is 4.99. The van der Waals surface area contributed by atoms with Crippen LogP contribution in [0.15, 0.2) is 63.8 Å². The summed E-state index contributed by atoms with van der Waals surface area (Å²) in [5, 5.41) is 10.3. The molecule has 3 nitrogen and oxygen atoms in total. The van der Waals surface area contributed by atoms with E-state index in [9.17, 15) is 9.90 Å². The molecule has 0 saturated carbocycles. The zero-order valence-corrected chi connectivity index (χ0v) is 13.0. The number of aryl methyl sites for hydroxylation is 1. The summed E-state index contributed by atoms with van der Waals surface area (Å²) < 4.78 is 4.91. The Hall–Kier alpha value is -2.55. The van der Waals surface area contributed by atoms with Gasteiger partial charge in [-0.1, -0.05) is 44.2 Å². The lowest BCUT2D eigenvalue weighted by Crippen LogP contribution is -1.93. The molecule has 0 aliphatic heterocycles. The van der Waals surface area contributed by atoms with Crippen molar-refractivity contribution in [1.29, 1.82) is 0 Å². The topological polar surface area (TPSA) is 50.4 Å². The van der Waals surface area contributed by atoms with Crippen LogP contribution in [-0.2, 0) is 0 Å². The van der Waals surface area contributed by atoms with Crippen LogP contribution in [-0.4, -0.2) is 5.11 Å². The molecule has 0 bridgehead atoms. The first-order valence-corrected chi connectivity index (χ1v) is 7.26. The molecule has 0 fully saturated rings. The monoisotopic (exact) mass is 296 g/mol. The van der Waals surface area contributed by atoms with Gasteiger partial charge in [-0.2, -0.15) is 0 Å². The first-order chi connectivity index (χ1) is 10.5. The van der Waals surface area contributed by atoms with Crippen LogP contribution in [0.25, 0.3) is 11.0 Å². The average molecular weight is 296 g/mol. The maximum Gasteiger partial charge on any atom is 0.336 e. The van der Waals surface area contributed by atoms with Gasteiger partial charge in [-0.3, -0.25) is 0 Å². The van der Waals surface area contributed by atoms with E-state index in [0.29, 0.717) is 17.3 Å². The Balaban J connectivity index is 0.000000160. The summed E-state index contributed by atoms with van der Waals surface area (Å²) in [4.78, 5) is 10.7. The highest BCUT2D eigenvalue weighted by Gasteiger charge is 2.01. The fourth-order valence-corrected chi connectivity index (χ4v) is 2.00. The Morgan fingerprint density at radius 2 is 1.73 bits per heavy atom. The minimum atomic E-state index is -0.302. The Morgan fingerprint density at radius 3 is 2.41 bits per heavy atom.